The van der Waals surface area contributed by atoms with Crippen molar-refractivity contribution in [3.05, 3.63) is 11.6 Å². The van der Waals surface area contributed by atoms with Gasteiger partial charge in [-0.15, -0.1) is 0 Å². The highest BCUT2D eigenvalue weighted by Gasteiger charge is 2.43. The number of hydrogen-bond donors (Lipinski definition) is 1. The highest BCUT2D eigenvalue weighted by atomic mass is 32.2. The van der Waals surface area contributed by atoms with Crippen molar-refractivity contribution in [3.8, 4) is 0 Å². The molecule has 0 aromatic heterocycles. The van der Waals surface area contributed by atoms with E-state index in [2.05, 4.69) is 13.8 Å². The number of thioether (sulfide) groups is 1. The lowest BCUT2D eigenvalue weighted by Crippen LogP contribution is -2.48. The first-order valence-corrected chi connectivity index (χ1v) is 5.99. The monoisotopic (exact) mass is 200 g/mol. The Hall–Kier alpha value is 0.0500. The average molecular weight is 200 g/mol. The standard InChI is InChI=1S/C11H20OS/c1-9(2)7-11(12)8-13-6-5-10(11,3)4/h7,12H,5-6,8H2,1-4H3. The van der Waals surface area contributed by atoms with Gasteiger partial charge in [0.15, 0.2) is 0 Å². The predicted molar refractivity (Wildman–Crippen MR) is 60.1 cm³/mol. The lowest BCUT2D eigenvalue weighted by atomic mass is 9.73. The zero-order chi connectivity index (χ0) is 10.1. The van der Waals surface area contributed by atoms with Crippen LogP contribution in [-0.2, 0) is 0 Å². The minimum absolute atomic E-state index is 0.0233. The van der Waals surface area contributed by atoms with Gasteiger partial charge in [0.1, 0.15) is 0 Å². The minimum atomic E-state index is -0.602. The molecule has 0 radical (unpaired) electrons. The van der Waals surface area contributed by atoms with E-state index < -0.39 is 5.60 Å². The molecule has 1 unspecified atom stereocenters. The van der Waals surface area contributed by atoms with E-state index >= 15 is 0 Å². The molecule has 2 heteroatoms. The van der Waals surface area contributed by atoms with Crippen molar-refractivity contribution < 1.29 is 5.11 Å². The molecule has 0 aromatic carbocycles. The summed E-state index contributed by atoms with van der Waals surface area (Å²) >= 11 is 1.85. The predicted octanol–water partition coefficient (Wildman–Crippen LogP) is 2.85. The fourth-order valence-electron chi connectivity index (χ4n) is 1.68. The van der Waals surface area contributed by atoms with E-state index in [-0.39, 0.29) is 5.41 Å². The molecule has 13 heavy (non-hydrogen) atoms. The fraction of sp³-hybridized carbons (Fsp3) is 0.818. The van der Waals surface area contributed by atoms with Crippen LogP contribution in [0.5, 0.6) is 0 Å². The van der Waals surface area contributed by atoms with Gasteiger partial charge in [-0.2, -0.15) is 11.8 Å². The second-order valence-electron chi connectivity index (χ2n) is 4.83. The fourth-order valence-corrected chi connectivity index (χ4v) is 3.27. The summed E-state index contributed by atoms with van der Waals surface area (Å²) in [6.45, 7) is 8.42. The van der Waals surface area contributed by atoms with E-state index in [1.54, 1.807) is 0 Å². The van der Waals surface area contributed by atoms with E-state index in [1.165, 1.54) is 11.3 Å². The molecule has 1 aliphatic heterocycles. The zero-order valence-electron chi connectivity index (χ0n) is 9.05. The van der Waals surface area contributed by atoms with E-state index in [4.69, 9.17) is 0 Å². The van der Waals surface area contributed by atoms with Crippen LogP contribution in [0.25, 0.3) is 0 Å². The van der Waals surface area contributed by atoms with Crippen LogP contribution in [-0.4, -0.2) is 22.2 Å². The third kappa shape index (κ3) is 2.29. The molecule has 1 nitrogen and oxygen atoms in total. The Morgan fingerprint density at radius 3 is 2.46 bits per heavy atom. The Morgan fingerprint density at radius 1 is 1.38 bits per heavy atom. The summed E-state index contributed by atoms with van der Waals surface area (Å²) in [6, 6.07) is 0. The molecular formula is C11H20OS. The van der Waals surface area contributed by atoms with Gasteiger partial charge in [0.25, 0.3) is 0 Å². The maximum Gasteiger partial charge on any atom is 0.0970 e. The lowest BCUT2D eigenvalue weighted by molar-refractivity contribution is -0.00965. The summed E-state index contributed by atoms with van der Waals surface area (Å²) in [5.41, 5.74) is 0.627. The van der Waals surface area contributed by atoms with Gasteiger partial charge in [0.2, 0.25) is 0 Å². The smallest absolute Gasteiger partial charge is 0.0970 e. The molecule has 0 aliphatic carbocycles. The van der Waals surface area contributed by atoms with Gasteiger partial charge in [0, 0.05) is 5.75 Å². The molecule has 1 saturated heterocycles. The Kier molecular flexibility index (Phi) is 3.13. The molecular weight excluding hydrogens is 180 g/mol. The van der Waals surface area contributed by atoms with Crippen LogP contribution in [0.3, 0.4) is 0 Å². The average Bonchev–Trinajstić information content (AvgIpc) is 1.94. The Bertz CT molecular complexity index is 216. The van der Waals surface area contributed by atoms with Gasteiger partial charge >= 0.3 is 0 Å². The Labute approximate surface area is 85.6 Å². The molecule has 0 amide bonds. The van der Waals surface area contributed by atoms with Crippen LogP contribution in [0, 0.1) is 5.41 Å². The first-order chi connectivity index (χ1) is 5.87. The van der Waals surface area contributed by atoms with Crippen molar-refractivity contribution >= 4 is 11.8 Å². The molecule has 1 heterocycles. The third-order valence-electron chi connectivity index (χ3n) is 2.89. The van der Waals surface area contributed by atoms with Crippen LogP contribution in [0.4, 0.5) is 0 Å². The third-order valence-corrected chi connectivity index (χ3v) is 4.03. The number of aliphatic hydroxyl groups is 1. The summed E-state index contributed by atoms with van der Waals surface area (Å²) in [5.74, 6) is 2.01. The summed E-state index contributed by atoms with van der Waals surface area (Å²) in [6.07, 6.45) is 3.12. The van der Waals surface area contributed by atoms with Gasteiger partial charge in [-0.3, -0.25) is 0 Å². The normalized spacial score (nSPS) is 32.7. The van der Waals surface area contributed by atoms with Gasteiger partial charge in [0.05, 0.1) is 5.60 Å². The van der Waals surface area contributed by atoms with Crippen molar-refractivity contribution in [1.29, 1.82) is 0 Å². The largest absolute Gasteiger partial charge is 0.384 e. The summed E-state index contributed by atoms with van der Waals surface area (Å²) in [4.78, 5) is 0. The maximum atomic E-state index is 10.5. The minimum Gasteiger partial charge on any atom is -0.384 e. The molecule has 0 bridgehead atoms. The molecule has 1 aliphatic rings. The van der Waals surface area contributed by atoms with Crippen LogP contribution >= 0.6 is 11.8 Å². The van der Waals surface area contributed by atoms with E-state index in [0.717, 1.165) is 12.2 Å². The van der Waals surface area contributed by atoms with Crippen LogP contribution in [0.15, 0.2) is 11.6 Å². The van der Waals surface area contributed by atoms with E-state index in [0.29, 0.717) is 0 Å². The molecule has 1 atom stereocenters. The number of allylic oxidation sites excluding steroid dienone is 1. The second kappa shape index (κ2) is 3.66. The molecule has 0 spiro atoms. The van der Waals surface area contributed by atoms with Crippen molar-refractivity contribution in [1.82, 2.24) is 0 Å². The van der Waals surface area contributed by atoms with E-state index in [9.17, 15) is 5.11 Å². The van der Waals surface area contributed by atoms with Crippen LogP contribution < -0.4 is 0 Å². The van der Waals surface area contributed by atoms with Gasteiger partial charge in [-0.1, -0.05) is 25.5 Å². The molecule has 76 valence electrons. The highest BCUT2D eigenvalue weighted by molar-refractivity contribution is 7.99. The molecule has 0 saturated carbocycles. The Balaban J connectivity index is 2.91. The van der Waals surface area contributed by atoms with Crippen LogP contribution in [0.1, 0.15) is 34.1 Å². The Morgan fingerprint density at radius 2 is 2.00 bits per heavy atom. The highest BCUT2D eigenvalue weighted by Crippen LogP contribution is 2.43. The molecule has 1 rings (SSSR count). The first-order valence-electron chi connectivity index (χ1n) is 4.84. The molecule has 1 N–H and O–H groups in total. The molecule has 1 fully saturated rings. The summed E-state index contributed by atoms with van der Waals surface area (Å²) < 4.78 is 0. The summed E-state index contributed by atoms with van der Waals surface area (Å²) in [7, 11) is 0. The van der Waals surface area contributed by atoms with Crippen molar-refractivity contribution in [3.63, 3.8) is 0 Å². The zero-order valence-corrected chi connectivity index (χ0v) is 9.87. The number of rotatable bonds is 1. The van der Waals surface area contributed by atoms with Gasteiger partial charge in [-0.25, -0.2) is 0 Å². The van der Waals surface area contributed by atoms with Gasteiger partial charge < -0.3 is 5.11 Å². The van der Waals surface area contributed by atoms with E-state index in [1.807, 2.05) is 31.7 Å². The lowest BCUT2D eigenvalue weighted by Gasteiger charge is -2.44. The summed E-state index contributed by atoms with van der Waals surface area (Å²) in [5, 5.41) is 10.5. The van der Waals surface area contributed by atoms with Crippen molar-refractivity contribution in [2.75, 3.05) is 11.5 Å². The van der Waals surface area contributed by atoms with Crippen LogP contribution in [0.2, 0.25) is 0 Å². The van der Waals surface area contributed by atoms with Crippen molar-refractivity contribution in [2.24, 2.45) is 5.41 Å². The second-order valence-corrected chi connectivity index (χ2v) is 5.94. The van der Waals surface area contributed by atoms with Gasteiger partial charge in [-0.05, 0) is 31.4 Å². The number of hydrogen-bond acceptors (Lipinski definition) is 2. The maximum absolute atomic E-state index is 10.5. The topological polar surface area (TPSA) is 20.2 Å². The quantitative estimate of drug-likeness (QED) is 0.657. The SMILES string of the molecule is CC(C)=CC1(O)CSCCC1(C)C. The first kappa shape index (κ1) is 11.1. The van der Waals surface area contributed by atoms with Crippen molar-refractivity contribution in [2.45, 2.75) is 39.7 Å². The molecule has 0 aromatic rings.